The highest BCUT2D eigenvalue weighted by atomic mass is 35.5. The van der Waals surface area contributed by atoms with E-state index >= 15 is 0 Å². The summed E-state index contributed by atoms with van der Waals surface area (Å²) in [5, 5.41) is 5.37. The third-order valence-corrected chi connectivity index (χ3v) is 5.59. The average Bonchev–Trinajstić information content (AvgIpc) is 2.74. The zero-order valence-electron chi connectivity index (χ0n) is 15.1. The number of nitrogens with one attached hydrogen (secondary N) is 1. The summed E-state index contributed by atoms with van der Waals surface area (Å²) in [4.78, 5) is 19.7. The lowest BCUT2D eigenvalue weighted by atomic mass is 10.0. The molecule has 0 spiro atoms. The van der Waals surface area contributed by atoms with Crippen LogP contribution in [0.15, 0.2) is 78.9 Å². The molecule has 0 fully saturated rings. The number of aromatic nitrogens is 1. The van der Waals surface area contributed by atoms with E-state index in [4.69, 9.17) is 23.2 Å². The van der Waals surface area contributed by atoms with Crippen LogP contribution in [0.2, 0.25) is 10.2 Å². The van der Waals surface area contributed by atoms with Gasteiger partial charge >= 0.3 is 0 Å². The van der Waals surface area contributed by atoms with Gasteiger partial charge in [0, 0.05) is 27.3 Å². The van der Waals surface area contributed by atoms with Gasteiger partial charge in [0.1, 0.15) is 11.3 Å². The first-order valence-corrected chi connectivity index (χ1v) is 9.87. The zero-order chi connectivity index (χ0) is 20.0. The molecule has 5 rings (SSSR count). The van der Waals surface area contributed by atoms with Gasteiger partial charge in [-0.2, -0.15) is 0 Å². The van der Waals surface area contributed by atoms with Crippen molar-refractivity contribution < 1.29 is 4.79 Å². The summed E-state index contributed by atoms with van der Waals surface area (Å²) >= 11 is 12.6. The maximum Gasteiger partial charge on any atom is 0.262 e. The third-order valence-electron chi connectivity index (χ3n) is 5.03. The first-order chi connectivity index (χ1) is 14.1. The van der Waals surface area contributed by atoms with Gasteiger partial charge in [0.05, 0.1) is 11.1 Å². The van der Waals surface area contributed by atoms with E-state index in [1.165, 1.54) is 0 Å². The maximum atomic E-state index is 13.5. The van der Waals surface area contributed by atoms with Gasteiger partial charge in [-0.1, -0.05) is 53.5 Å². The fourth-order valence-electron chi connectivity index (χ4n) is 3.64. The van der Waals surface area contributed by atoms with Gasteiger partial charge < -0.3 is 5.32 Å². The van der Waals surface area contributed by atoms with Crippen LogP contribution >= 0.6 is 23.2 Å². The standard InChI is InChI=1S/C23H15Cl2N3O/c24-15-9-11-16(12-10-15)28-22(27-20-8-4-2-6-17(20)23(28)29)18-13-14-5-1-3-7-19(14)26-21(18)25/h1-13,22,27H/t22-/m1/s1. The lowest BCUT2D eigenvalue weighted by Gasteiger charge is -2.38. The molecule has 1 aromatic heterocycles. The quantitative estimate of drug-likeness (QED) is 0.387. The van der Waals surface area contributed by atoms with E-state index in [1.807, 2.05) is 66.7 Å². The van der Waals surface area contributed by atoms with E-state index in [0.29, 0.717) is 15.7 Å². The van der Waals surface area contributed by atoms with Crippen molar-refractivity contribution in [2.75, 3.05) is 10.2 Å². The van der Waals surface area contributed by atoms with Gasteiger partial charge in [-0.3, -0.25) is 9.69 Å². The molecule has 1 aliphatic heterocycles. The van der Waals surface area contributed by atoms with Crippen molar-refractivity contribution in [3.8, 4) is 0 Å². The SMILES string of the molecule is O=C1c2ccccc2N[C@@H](c2cc3ccccc3nc2Cl)N1c1ccc(Cl)cc1. The Hall–Kier alpha value is -3.08. The Morgan fingerprint density at radius 3 is 2.45 bits per heavy atom. The molecule has 1 aliphatic rings. The van der Waals surface area contributed by atoms with E-state index in [2.05, 4.69) is 10.3 Å². The maximum absolute atomic E-state index is 13.5. The van der Waals surface area contributed by atoms with Crippen LogP contribution in [0.3, 0.4) is 0 Å². The molecule has 0 bridgehead atoms. The number of fused-ring (bicyclic) bond motifs is 2. The molecule has 2 heterocycles. The number of hydrogen-bond acceptors (Lipinski definition) is 3. The van der Waals surface area contributed by atoms with Crippen LogP contribution in [0.5, 0.6) is 0 Å². The molecule has 0 saturated carbocycles. The minimum atomic E-state index is -0.511. The van der Waals surface area contributed by atoms with Crippen LogP contribution in [0.25, 0.3) is 10.9 Å². The van der Waals surface area contributed by atoms with E-state index in [-0.39, 0.29) is 5.91 Å². The number of halogens is 2. The van der Waals surface area contributed by atoms with Crippen molar-refractivity contribution in [3.63, 3.8) is 0 Å². The van der Waals surface area contributed by atoms with E-state index < -0.39 is 6.17 Å². The minimum Gasteiger partial charge on any atom is -0.360 e. The molecule has 4 nitrogen and oxygen atoms in total. The summed E-state index contributed by atoms with van der Waals surface area (Å²) in [5.41, 5.74) is 3.61. The van der Waals surface area contributed by atoms with Crippen molar-refractivity contribution >= 4 is 51.4 Å². The van der Waals surface area contributed by atoms with Crippen molar-refractivity contribution in [2.24, 2.45) is 0 Å². The van der Waals surface area contributed by atoms with Gasteiger partial charge in [-0.05, 0) is 48.5 Å². The molecule has 0 radical (unpaired) electrons. The monoisotopic (exact) mass is 419 g/mol. The molecule has 0 saturated heterocycles. The summed E-state index contributed by atoms with van der Waals surface area (Å²) in [6.07, 6.45) is -0.511. The Morgan fingerprint density at radius 1 is 0.897 bits per heavy atom. The topological polar surface area (TPSA) is 45.2 Å². The van der Waals surface area contributed by atoms with E-state index in [1.54, 1.807) is 17.0 Å². The normalized spacial score (nSPS) is 15.9. The highest BCUT2D eigenvalue weighted by Gasteiger charge is 2.35. The number of benzene rings is 3. The molecule has 4 aromatic rings. The number of hydrogen-bond donors (Lipinski definition) is 1. The van der Waals surface area contributed by atoms with Crippen LogP contribution < -0.4 is 10.2 Å². The lowest BCUT2D eigenvalue weighted by molar-refractivity contribution is 0.0975. The molecule has 142 valence electrons. The first-order valence-electron chi connectivity index (χ1n) is 9.12. The number of carbonyl (C=O) groups excluding carboxylic acids is 1. The second kappa shape index (κ2) is 7.07. The predicted molar refractivity (Wildman–Crippen MR) is 118 cm³/mol. The van der Waals surface area contributed by atoms with Gasteiger partial charge in [0.15, 0.2) is 0 Å². The number of nitrogens with zero attached hydrogens (tertiary/aromatic N) is 2. The molecule has 6 heteroatoms. The highest BCUT2D eigenvalue weighted by Crippen LogP contribution is 2.39. The number of para-hydroxylation sites is 2. The van der Waals surface area contributed by atoms with Crippen molar-refractivity contribution in [2.45, 2.75) is 6.17 Å². The smallest absolute Gasteiger partial charge is 0.262 e. The van der Waals surface area contributed by atoms with Crippen LogP contribution in [0.1, 0.15) is 22.1 Å². The van der Waals surface area contributed by atoms with Crippen molar-refractivity contribution in [3.05, 3.63) is 100 Å². The van der Waals surface area contributed by atoms with Gasteiger partial charge in [0.2, 0.25) is 0 Å². The largest absolute Gasteiger partial charge is 0.360 e. The highest BCUT2D eigenvalue weighted by molar-refractivity contribution is 6.31. The average molecular weight is 420 g/mol. The fraction of sp³-hybridized carbons (Fsp3) is 0.0435. The Balaban J connectivity index is 1.71. The molecular weight excluding hydrogens is 405 g/mol. The molecule has 29 heavy (non-hydrogen) atoms. The predicted octanol–water partition coefficient (Wildman–Crippen LogP) is 6.31. The summed E-state index contributed by atoms with van der Waals surface area (Å²) in [6, 6.07) is 24.4. The molecule has 1 N–H and O–H groups in total. The minimum absolute atomic E-state index is 0.115. The Labute approximate surface area is 177 Å². The van der Waals surface area contributed by atoms with E-state index in [9.17, 15) is 4.79 Å². The second-order valence-electron chi connectivity index (χ2n) is 6.81. The lowest BCUT2D eigenvalue weighted by Crippen LogP contribution is -2.43. The second-order valence-corrected chi connectivity index (χ2v) is 7.60. The summed E-state index contributed by atoms with van der Waals surface area (Å²) in [7, 11) is 0. The van der Waals surface area contributed by atoms with Crippen LogP contribution in [0.4, 0.5) is 11.4 Å². The summed E-state index contributed by atoms with van der Waals surface area (Å²) in [5.74, 6) is -0.115. The first kappa shape index (κ1) is 18.0. The Morgan fingerprint density at radius 2 is 1.62 bits per heavy atom. The molecule has 0 unspecified atom stereocenters. The van der Waals surface area contributed by atoms with Gasteiger partial charge in [-0.15, -0.1) is 0 Å². The fourth-order valence-corrected chi connectivity index (χ4v) is 4.01. The molecule has 0 aliphatic carbocycles. The van der Waals surface area contributed by atoms with Gasteiger partial charge in [-0.25, -0.2) is 4.98 Å². The number of carbonyl (C=O) groups is 1. The number of pyridine rings is 1. The van der Waals surface area contributed by atoms with Crippen LogP contribution in [0, 0.1) is 0 Å². The molecule has 1 atom stereocenters. The Kier molecular flexibility index (Phi) is 4.38. The van der Waals surface area contributed by atoms with Crippen LogP contribution in [-0.2, 0) is 0 Å². The molecule has 1 amide bonds. The van der Waals surface area contributed by atoms with E-state index in [0.717, 1.165) is 27.8 Å². The Bertz CT molecular complexity index is 1240. The van der Waals surface area contributed by atoms with Crippen LogP contribution in [-0.4, -0.2) is 10.9 Å². The summed E-state index contributed by atoms with van der Waals surface area (Å²) in [6.45, 7) is 0. The molecular formula is C23H15Cl2N3O. The van der Waals surface area contributed by atoms with Crippen molar-refractivity contribution in [1.82, 2.24) is 4.98 Å². The summed E-state index contributed by atoms with van der Waals surface area (Å²) < 4.78 is 0. The zero-order valence-corrected chi connectivity index (χ0v) is 16.7. The number of rotatable bonds is 2. The molecule has 3 aromatic carbocycles. The third kappa shape index (κ3) is 3.11. The van der Waals surface area contributed by atoms with Crippen molar-refractivity contribution in [1.29, 1.82) is 0 Å². The number of anilines is 2. The number of amides is 1. The van der Waals surface area contributed by atoms with Gasteiger partial charge in [0.25, 0.3) is 5.91 Å².